The molecule has 112 valence electrons. The Balaban J connectivity index is 1.98. The number of rotatable bonds is 2. The summed E-state index contributed by atoms with van der Waals surface area (Å²) in [6, 6.07) is 11.5. The Morgan fingerprint density at radius 1 is 1.00 bits per heavy atom. The van der Waals surface area contributed by atoms with Crippen molar-refractivity contribution in [2.75, 3.05) is 0 Å². The highest BCUT2D eigenvalue weighted by Crippen LogP contribution is 2.32. The Kier molecular flexibility index (Phi) is 3.05. The molecule has 4 heterocycles. The van der Waals surface area contributed by atoms with Crippen molar-refractivity contribution in [1.82, 2.24) is 19.9 Å². The highest BCUT2D eigenvalue weighted by atomic mass is 16.3. The molecule has 0 aromatic carbocycles. The fraction of sp³-hybridized carbons (Fsp3) is 0.0556. The van der Waals surface area contributed by atoms with Crippen LogP contribution in [0.1, 0.15) is 5.69 Å². The molecule has 5 nitrogen and oxygen atoms in total. The zero-order valence-corrected chi connectivity index (χ0v) is 12.5. The predicted molar refractivity (Wildman–Crippen MR) is 89.0 cm³/mol. The van der Waals surface area contributed by atoms with E-state index in [9.17, 15) is 5.11 Å². The maximum atomic E-state index is 9.72. The molecule has 5 heteroatoms. The third-order valence-corrected chi connectivity index (χ3v) is 3.71. The minimum Gasteiger partial charge on any atom is -0.506 e. The van der Waals surface area contributed by atoms with Crippen molar-refractivity contribution in [2.24, 2.45) is 0 Å². The summed E-state index contributed by atoms with van der Waals surface area (Å²) in [5.74, 6) is 0.137. The third-order valence-electron chi connectivity index (χ3n) is 3.71. The molecule has 0 bridgehead atoms. The fourth-order valence-corrected chi connectivity index (χ4v) is 2.67. The molecule has 4 rings (SSSR count). The van der Waals surface area contributed by atoms with Gasteiger partial charge in [-0.05, 0) is 42.8 Å². The molecule has 0 atom stereocenters. The summed E-state index contributed by atoms with van der Waals surface area (Å²) in [6.45, 7) is 1.96. The maximum absolute atomic E-state index is 9.72. The molecule has 23 heavy (non-hydrogen) atoms. The van der Waals surface area contributed by atoms with Gasteiger partial charge in [0.1, 0.15) is 11.4 Å². The van der Waals surface area contributed by atoms with Gasteiger partial charge in [-0.25, -0.2) is 4.98 Å². The van der Waals surface area contributed by atoms with Gasteiger partial charge in [0.25, 0.3) is 0 Å². The average Bonchev–Trinajstić information content (AvgIpc) is 3.02. The van der Waals surface area contributed by atoms with E-state index < -0.39 is 0 Å². The number of pyridine rings is 3. The predicted octanol–water partition coefficient (Wildman–Crippen LogP) is 3.70. The van der Waals surface area contributed by atoms with Gasteiger partial charge in [-0.15, -0.1) is 0 Å². The number of H-pyrrole nitrogens is 1. The summed E-state index contributed by atoms with van der Waals surface area (Å²) < 4.78 is 0. The topological polar surface area (TPSA) is 74.7 Å². The Bertz CT molecular complexity index is 1010. The van der Waals surface area contributed by atoms with Crippen molar-refractivity contribution in [3.63, 3.8) is 0 Å². The summed E-state index contributed by atoms with van der Waals surface area (Å²) in [6.07, 6.45) is 5.00. The van der Waals surface area contributed by atoms with Crippen LogP contribution < -0.4 is 0 Å². The van der Waals surface area contributed by atoms with E-state index in [1.54, 1.807) is 12.3 Å². The Hall–Kier alpha value is -3.21. The van der Waals surface area contributed by atoms with Crippen molar-refractivity contribution in [3.8, 4) is 28.3 Å². The molecule has 2 N–H and O–H groups in total. The molecule has 0 amide bonds. The lowest BCUT2D eigenvalue weighted by Crippen LogP contribution is -1.92. The summed E-state index contributed by atoms with van der Waals surface area (Å²) in [4.78, 5) is 16.4. The molecule has 0 spiro atoms. The van der Waals surface area contributed by atoms with Gasteiger partial charge in [0, 0.05) is 29.0 Å². The van der Waals surface area contributed by atoms with Gasteiger partial charge in [-0.1, -0.05) is 6.07 Å². The van der Waals surface area contributed by atoms with Crippen molar-refractivity contribution in [3.05, 3.63) is 60.7 Å². The number of aryl methyl sites for hydroxylation is 1. The minimum absolute atomic E-state index is 0.137. The highest BCUT2D eigenvalue weighted by Gasteiger charge is 2.12. The molecule has 0 fully saturated rings. The van der Waals surface area contributed by atoms with Crippen LogP contribution in [0.5, 0.6) is 5.75 Å². The smallest absolute Gasteiger partial charge is 0.138 e. The quantitative estimate of drug-likeness (QED) is 0.592. The second-order valence-corrected chi connectivity index (χ2v) is 5.39. The first-order chi connectivity index (χ1) is 11.2. The number of nitrogens with zero attached hydrogens (tertiary/aromatic N) is 3. The molecule has 0 saturated heterocycles. The molecule has 0 aliphatic rings. The van der Waals surface area contributed by atoms with E-state index in [-0.39, 0.29) is 5.75 Å². The minimum atomic E-state index is 0.137. The molecule has 0 unspecified atom stereocenters. The number of hydrogen-bond acceptors (Lipinski definition) is 4. The monoisotopic (exact) mass is 302 g/mol. The molecule has 0 aliphatic heterocycles. The summed E-state index contributed by atoms with van der Waals surface area (Å²) in [7, 11) is 0. The van der Waals surface area contributed by atoms with E-state index in [0.29, 0.717) is 0 Å². The maximum Gasteiger partial charge on any atom is 0.138 e. The zero-order valence-electron chi connectivity index (χ0n) is 12.5. The Labute approximate surface area is 132 Å². The molecule has 0 radical (unpaired) electrons. The van der Waals surface area contributed by atoms with Gasteiger partial charge in [0.2, 0.25) is 0 Å². The first-order valence-corrected chi connectivity index (χ1v) is 7.27. The van der Waals surface area contributed by atoms with Gasteiger partial charge in [0.15, 0.2) is 0 Å². The van der Waals surface area contributed by atoms with E-state index in [1.165, 1.54) is 6.20 Å². The van der Waals surface area contributed by atoms with Crippen LogP contribution in [0.15, 0.2) is 55.0 Å². The average molecular weight is 302 g/mol. The molecule has 4 aromatic rings. The number of nitrogens with one attached hydrogen (secondary N) is 1. The number of aromatic nitrogens is 4. The summed E-state index contributed by atoms with van der Waals surface area (Å²) in [5, 5.41) is 10.7. The largest absolute Gasteiger partial charge is 0.506 e. The van der Waals surface area contributed by atoms with Crippen molar-refractivity contribution >= 4 is 11.0 Å². The van der Waals surface area contributed by atoms with Crippen LogP contribution in [0, 0.1) is 6.92 Å². The highest BCUT2D eigenvalue weighted by molar-refractivity contribution is 5.95. The zero-order chi connectivity index (χ0) is 15.8. The van der Waals surface area contributed by atoms with E-state index in [1.807, 2.05) is 43.5 Å². The number of hydrogen-bond donors (Lipinski definition) is 2. The van der Waals surface area contributed by atoms with Crippen molar-refractivity contribution in [2.45, 2.75) is 6.92 Å². The van der Waals surface area contributed by atoms with E-state index in [0.717, 1.165) is 39.2 Å². The van der Waals surface area contributed by atoms with Crippen LogP contribution in [0.3, 0.4) is 0 Å². The fourth-order valence-electron chi connectivity index (χ4n) is 2.67. The van der Waals surface area contributed by atoms with Crippen LogP contribution in [0.4, 0.5) is 0 Å². The first-order valence-electron chi connectivity index (χ1n) is 7.27. The van der Waals surface area contributed by atoms with E-state index in [4.69, 9.17) is 0 Å². The lowest BCUT2D eigenvalue weighted by molar-refractivity contribution is 0.473. The number of fused-ring (bicyclic) bond motifs is 1. The SMILES string of the molecule is Cc1cccc(-c2cc(-c3cncc(O)c3)c3cc[nH]c3n2)n1. The van der Waals surface area contributed by atoms with Crippen LogP contribution in [-0.4, -0.2) is 25.0 Å². The van der Waals surface area contributed by atoms with Gasteiger partial charge in [-0.2, -0.15) is 0 Å². The van der Waals surface area contributed by atoms with Gasteiger partial charge < -0.3 is 10.1 Å². The van der Waals surface area contributed by atoms with Crippen LogP contribution in [-0.2, 0) is 0 Å². The van der Waals surface area contributed by atoms with E-state index >= 15 is 0 Å². The van der Waals surface area contributed by atoms with Crippen LogP contribution in [0.25, 0.3) is 33.5 Å². The second kappa shape index (κ2) is 5.21. The number of aromatic amines is 1. The molecular formula is C18H14N4O. The third kappa shape index (κ3) is 2.42. The summed E-state index contributed by atoms with van der Waals surface area (Å²) in [5.41, 5.74) is 5.11. The van der Waals surface area contributed by atoms with Crippen molar-refractivity contribution in [1.29, 1.82) is 0 Å². The van der Waals surface area contributed by atoms with Gasteiger partial charge >= 0.3 is 0 Å². The normalized spacial score (nSPS) is 11.0. The second-order valence-electron chi connectivity index (χ2n) is 5.39. The lowest BCUT2D eigenvalue weighted by Gasteiger charge is -2.08. The number of aromatic hydroxyl groups is 1. The van der Waals surface area contributed by atoms with Crippen molar-refractivity contribution < 1.29 is 5.11 Å². The first kappa shape index (κ1) is 13.5. The van der Waals surface area contributed by atoms with Crippen LogP contribution >= 0.6 is 0 Å². The van der Waals surface area contributed by atoms with Gasteiger partial charge in [-0.3, -0.25) is 9.97 Å². The lowest BCUT2D eigenvalue weighted by atomic mass is 10.0. The molecule has 0 saturated carbocycles. The molecule has 0 aliphatic carbocycles. The van der Waals surface area contributed by atoms with Crippen LogP contribution in [0.2, 0.25) is 0 Å². The molecule has 4 aromatic heterocycles. The van der Waals surface area contributed by atoms with E-state index in [2.05, 4.69) is 19.9 Å². The van der Waals surface area contributed by atoms with Gasteiger partial charge in [0.05, 0.1) is 17.6 Å². The Morgan fingerprint density at radius 2 is 1.91 bits per heavy atom. The summed E-state index contributed by atoms with van der Waals surface area (Å²) >= 11 is 0. The standard InChI is InChI=1S/C18H14N4O/c1-11-3-2-4-16(21-11)17-8-15(12-7-13(23)10-19-9-12)14-5-6-20-18(14)22-17/h2-10,23H,1H3,(H,20,22). The Morgan fingerprint density at radius 3 is 2.74 bits per heavy atom. The molecular weight excluding hydrogens is 288 g/mol.